The highest BCUT2D eigenvalue weighted by Crippen LogP contribution is 2.29. The van der Waals surface area contributed by atoms with Gasteiger partial charge in [-0.15, -0.1) is 0 Å². The van der Waals surface area contributed by atoms with Crippen molar-refractivity contribution in [3.8, 4) is 5.75 Å². The third kappa shape index (κ3) is 3.87. The zero-order valence-electron chi connectivity index (χ0n) is 15.4. The predicted molar refractivity (Wildman–Crippen MR) is 97.1 cm³/mol. The van der Waals surface area contributed by atoms with Crippen molar-refractivity contribution in [2.45, 2.75) is 31.8 Å². The number of hydrogen-bond donors (Lipinski definition) is 1. The average Bonchev–Trinajstić information content (AvgIpc) is 3.05. The van der Waals surface area contributed by atoms with Crippen LogP contribution in [0.1, 0.15) is 40.5 Å². The molecule has 1 heterocycles. The summed E-state index contributed by atoms with van der Waals surface area (Å²) in [5, 5.41) is 7.63. The van der Waals surface area contributed by atoms with Gasteiger partial charge in [-0.25, -0.2) is 0 Å². The maximum atomic E-state index is 12.6. The second-order valence-corrected chi connectivity index (χ2v) is 6.68. The van der Waals surface area contributed by atoms with Crippen LogP contribution >= 0.6 is 0 Å². The molecule has 0 bridgehead atoms. The van der Waals surface area contributed by atoms with E-state index in [9.17, 15) is 9.59 Å². The van der Waals surface area contributed by atoms with E-state index in [2.05, 4.69) is 10.4 Å². The van der Waals surface area contributed by atoms with Gasteiger partial charge in [0.25, 0.3) is 5.91 Å². The van der Waals surface area contributed by atoms with Crippen molar-refractivity contribution in [3.63, 3.8) is 0 Å². The molecule has 0 saturated heterocycles. The van der Waals surface area contributed by atoms with Crippen molar-refractivity contribution >= 4 is 11.8 Å². The van der Waals surface area contributed by atoms with E-state index in [1.54, 1.807) is 55.1 Å². The Balaban J connectivity index is 1.75. The number of nitrogens with zero attached hydrogens (tertiary/aromatic N) is 3. The second kappa shape index (κ2) is 7.59. The van der Waals surface area contributed by atoms with Gasteiger partial charge < -0.3 is 15.0 Å². The zero-order valence-corrected chi connectivity index (χ0v) is 15.4. The molecule has 138 valence electrons. The van der Waals surface area contributed by atoms with Crippen molar-refractivity contribution in [3.05, 3.63) is 47.3 Å². The van der Waals surface area contributed by atoms with Crippen LogP contribution < -0.4 is 10.1 Å². The summed E-state index contributed by atoms with van der Waals surface area (Å²) in [5.74, 6) is 0.482. The van der Waals surface area contributed by atoms with Crippen LogP contribution in [0, 0.1) is 0 Å². The number of carbonyl (C=O) groups is 2. The maximum absolute atomic E-state index is 12.6. The fraction of sp³-hybridized carbons (Fsp3) is 0.421. The van der Waals surface area contributed by atoms with Gasteiger partial charge in [0.05, 0.1) is 18.8 Å². The smallest absolute Gasteiger partial charge is 0.251 e. The van der Waals surface area contributed by atoms with E-state index < -0.39 is 0 Å². The number of aromatic nitrogens is 2. The summed E-state index contributed by atoms with van der Waals surface area (Å²) in [5.41, 5.74) is 2.51. The highest BCUT2D eigenvalue weighted by molar-refractivity contribution is 5.94. The van der Waals surface area contributed by atoms with Gasteiger partial charge in [-0.05, 0) is 43.0 Å². The Morgan fingerprint density at radius 3 is 2.92 bits per heavy atom. The first kappa shape index (κ1) is 18.0. The van der Waals surface area contributed by atoms with Gasteiger partial charge >= 0.3 is 0 Å². The molecular weight excluding hydrogens is 332 g/mol. The SMILES string of the molecule is COc1cccc(C(=O)N[C@@H]2CCCc3cn(CC(=O)N(C)C)nc32)c1. The van der Waals surface area contributed by atoms with Crippen molar-refractivity contribution < 1.29 is 14.3 Å². The molecule has 2 aromatic rings. The lowest BCUT2D eigenvalue weighted by molar-refractivity contribution is -0.129. The molecule has 1 aliphatic carbocycles. The number of ether oxygens (including phenoxy) is 1. The van der Waals surface area contributed by atoms with Crippen LogP contribution in [-0.2, 0) is 17.8 Å². The lowest BCUT2D eigenvalue weighted by Crippen LogP contribution is -2.31. The van der Waals surface area contributed by atoms with Gasteiger partial charge in [0.15, 0.2) is 0 Å². The van der Waals surface area contributed by atoms with Crippen LogP contribution in [0.5, 0.6) is 5.75 Å². The van der Waals surface area contributed by atoms with Gasteiger partial charge in [0.1, 0.15) is 12.3 Å². The van der Waals surface area contributed by atoms with E-state index in [0.717, 1.165) is 30.5 Å². The number of likely N-dealkylation sites (N-methyl/N-ethyl adjacent to an activating group) is 1. The standard InChI is InChI=1S/C19H24N4O3/c1-22(2)17(24)12-23-11-14-7-5-9-16(18(14)21-23)20-19(25)13-6-4-8-15(10-13)26-3/h4,6,8,10-11,16H,5,7,9,12H2,1-3H3,(H,20,25)/t16-/m1/s1. The molecular formula is C19H24N4O3. The number of aryl methyl sites for hydroxylation is 1. The van der Waals surface area contributed by atoms with Crippen molar-refractivity contribution in [2.24, 2.45) is 0 Å². The highest BCUT2D eigenvalue weighted by atomic mass is 16.5. The minimum absolute atomic E-state index is 0.0122. The van der Waals surface area contributed by atoms with Crippen LogP contribution in [0.25, 0.3) is 0 Å². The van der Waals surface area contributed by atoms with Crippen molar-refractivity contribution in [1.82, 2.24) is 20.0 Å². The topological polar surface area (TPSA) is 76.5 Å². The molecule has 2 amide bonds. The zero-order chi connectivity index (χ0) is 18.7. The fourth-order valence-electron chi connectivity index (χ4n) is 3.10. The second-order valence-electron chi connectivity index (χ2n) is 6.68. The first-order valence-corrected chi connectivity index (χ1v) is 8.69. The number of amides is 2. The third-order valence-corrected chi connectivity index (χ3v) is 4.57. The van der Waals surface area contributed by atoms with E-state index in [1.165, 1.54) is 0 Å². The Hall–Kier alpha value is -2.83. The Morgan fingerprint density at radius 2 is 2.19 bits per heavy atom. The van der Waals surface area contributed by atoms with E-state index >= 15 is 0 Å². The minimum atomic E-state index is -0.152. The molecule has 1 N–H and O–H groups in total. The van der Waals surface area contributed by atoms with Crippen molar-refractivity contribution in [2.75, 3.05) is 21.2 Å². The van der Waals surface area contributed by atoms with E-state index in [1.807, 2.05) is 6.20 Å². The summed E-state index contributed by atoms with van der Waals surface area (Å²) >= 11 is 0. The quantitative estimate of drug-likeness (QED) is 0.886. The molecule has 7 nitrogen and oxygen atoms in total. The summed E-state index contributed by atoms with van der Waals surface area (Å²) in [6, 6.07) is 6.93. The molecule has 3 rings (SSSR count). The monoisotopic (exact) mass is 356 g/mol. The average molecular weight is 356 g/mol. The van der Waals surface area contributed by atoms with Crippen LogP contribution in [0.4, 0.5) is 0 Å². The predicted octanol–water partition coefficient (Wildman–Crippen LogP) is 1.79. The summed E-state index contributed by atoms with van der Waals surface area (Å²) < 4.78 is 6.85. The molecule has 1 aliphatic rings. The molecule has 1 atom stereocenters. The number of rotatable bonds is 5. The molecule has 0 saturated carbocycles. The van der Waals surface area contributed by atoms with Crippen LogP contribution in [-0.4, -0.2) is 47.7 Å². The van der Waals surface area contributed by atoms with Gasteiger partial charge in [0.2, 0.25) is 5.91 Å². The molecule has 0 unspecified atom stereocenters. The normalized spacial score (nSPS) is 15.9. The number of benzene rings is 1. The highest BCUT2D eigenvalue weighted by Gasteiger charge is 2.26. The number of carbonyl (C=O) groups excluding carboxylic acids is 2. The molecule has 1 aromatic heterocycles. The molecule has 26 heavy (non-hydrogen) atoms. The van der Waals surface area contributed by atoms with Crippen LogP contribution in [0.2, 0.25) is 0 Å². The minimum Gasteiger partial charge on any atom is -0.497 e. The van der Waals surface area contributed by atoms with Gasteiger partial charge in [-0.3, -0.25) is 14.3 Å². The van der Waals surface area contributed by atoms with Gasteiger partial charge in [-0.2, -0.15) is 5.10 Å². The van der Waals surface area contributed by atoms with E-state index in [4.69, 9.17) is 4.74 Å². The van der Waals surface area contributed by atoms with Crippen LogP contribution in [0.15, 0.2) is 30.5 Å². The summed E-state index contributed by atoms with van der Waals surface area (Å²) in [4.78, 5) is 26.1. The lowest BCUT2D eigenvalue weighted by Gasteiger charge is -2.22. The number of fused-ring (bicyclic) bond motifs is 1. The fourth-order valence-corrected chi connectivity index (χ4v) is 3.10. The number of methoxy groups -OCH3 is 1. The van der Waals surface area contributed by atoms with E-state index in [-0.39, 0.29) is 24.4 Å². The Kier molecular flexibility index (Phi) is 5.25. The summed E-state index contributed by atoms with van der Waals surface area (Å²) in [6.45, 7) is 0.205. The first-order chi connectivity index (χ1) is 12.5. The van der Waals surface area contributed by atoms with Gasteiger partial charge in [0, 0.05) is 25.9 Å². The molecule has 1 aromatic carbocycles. The molecule has 0 radical (unpaired) electrons. The Bertz CT molecular complexity index is 813. The lowest BCUT2D eigenvalue weighted by atomic mass is 9.93. The Morgan fingerprint density at radius 1 is 1.38 bits per heavy atom. The maximum Gasteiger partial charge on any atom is 0.251 e. The van der Waals surface area contributed by atoms with Crippen LogP contribution in [0.3, 0.4) is 0 Å². The van der Waals surface area contributed by atoms with Crippen molar-refractivity contribution in [1.29, 1.82) is 0 Å². The molecule has 0 aliphatic heterocycles. The van der Waals surface area contributed by atoms with E-state index in [0.29, 0.717) is 11.3 Å². The first-order valence-electron chi connectivity index (χ1n) is 8.69. The molecule has 0 fully saturated rings. The number of nitrogens with one attached hydrogen (secondary N) is 1. The summed E-state index contributed by atoms with van der Waals surface area (Å²) in [7, 11) is 5.03. The van der Waals surface area contributed by atoms with Gasteiger partial charge in [-0.1, -0.05) is 6.07 Å². The Labute approximate surface area is 152 Å². The largest absolute Gasteiger partial charge is 0.497 e. The molecule has 0 spiro atoms. The number of hydrogen-bond acceptors (Lipinski definition) is 4. The summed E-state index contributed by atoms with van der Waals surface area (Å²) in [6.07, 6.45) is 4.64. The molecule has 7 heteroatoms. The third-order valence-electron chi connectivity index (χ3n) is 4.57.